The molecule has 4 rings (SSSR count). The molecule has 0 bridgehead atoms. The van der Waals surface area contributed by atoms with Crippen LogP contribution in [0.1, 0.15) is 29.0 Å². The molecule has 2 aromatic carbocycles. The van der Waals surface area contributed by atoms with Crippen LogP contribution in [0.25, 0.3) is 0 Å². The van der Waals surface area contributed by atoms with Crippen LogP contribution >= 0.6 is 0 Å². The molecular weight excluding hydrogens is 463 g/mol. The first-order chi connectivity index (χ1) is 16.6. The molecule has 1 unspecified atom stereocenters. The highest BCUT2D eigenvalue weighted by molar-refractivity contribution is 5.96. The molecule has 1 heterocycles. The van der Waals surface area contributed by atoms with Crippen molar-refractivity contribution in [2.45, 2.75) is 43.5 Å². The molecule has 4 atom stereocenters. The van der Waals surface area contributed by atoms with E-state index in [-0.39, 0.29) is 25.4 Å². The van der Waals surface area contributed by atoms with Crippen LogP contribution in [0.4, 0.5) is 18.0 Å². The normalized spacial score (nSPS) is 20.9. The van der Waals surface area contributed by atoms with Crippen LogP contribution in [0.3, 0.4) is 0 Å². The smallest absolute Gasteiger partial charge is 0.417 e. The van der Waals surface area contributed by atoms with Gasteiger partial charge in [0, 0.05) is 5.57 Å². The van der Waals surface area contributed by atoms with Gasteiger partial charge in [-0.2, -0.15) is 13.2 Å². The Morgan fingerprint density at radius 3 is 2.60 bits per heavy atom. The standard InChI is InChI=1S/C26H26F3NO5/c1-15(26(27,28)29)23(22(31)13-18-11-17-12-20(34-2)8-9-21(17)18)24(32)30-19(14-35-25(30)33)10-16-6-4-3-5-7-16/h3-9,12,18-19,22-23,31H,1,10-11,13-14H2,2H3/t18?,19-,22+,23-/m0/s1. The summed E-state index contributed by atoms with van der Waals surface area (Å²) in [5, 5.41) is 10.9. The topological polar surface area (TPSA) is 76.1 Å². The van der Waals surface area contributed by atoms with Crippen molar-refractivity contribution in [3.05, 3.63) is 77.4 Å². The molecular formula is C26H26F3NO5. The van der Waals surface area contributed by atoms with E-state index < -0.39 is 41.8 Å². The van der Waals surface area contributed by atoms with E-state index in [2.05, 4.69) is 6.58 Å². The second-order valence-corrected chi connectivity index (χ2v) is 8.90. The predicted octanol–water partition coefficient (Wildman–Crippen LogP) is 4.41. The van der Waals surface area contributed by atoms with Crippen LogP contribution in [-0.2, 0) is 22.4 Å². The van der Waals surface area contributed by atoms with Gasteiger partial charge in [0.2, 0.25) is 5.91 Å². The minimum Gasteiger partial charge on any atom is -0.497 e. The monoisotopic (exact) mass is 489 g/mol. The second-order valence-electron chi connectivity index (χ2n) is 8.90. The molecule has 2 aliphatic rings. The summed E-state index contributed by atoms with van der Waals surface area (Å²) in [7, 11) is 1.54. The molecule has 0 spiro atoms. The van der Waals surface area contributed by atoms with Crippen LogP contribution < -0.4 is 4.74 Å². The molecule has 6 nitrogen and oxygen atoms in total. The number of methoxy groups -OCH3 is 1. The van der Waals surface area contributed by atoms with Gasteiger partial charge in [0.05, 0.1) is 25.2 Å². The van der Waals surface area contributed by atoms with E-state index in [0.717, 1.165) is 16.7 Å². The summed E-state index contributed by atoms with van der Waals surface area (Å²) in [5.41, 5.74) is 1.27. The van der Waals surface area contributed by atoms with Crippen molar-refractivity contribution in [1.29, 1.82) is 0 Å². The number of nitrogens with zero attached hydrogens (tertiary/aromatic N) is 1. The number of aliphatic hydroxyl groups is 1. The molecule has 1 aliphatic heterocycles. The number of amides is 2. The van der Waals surface area contributed by atoms with E-state index in [4.69, 9.17) is 9.47 Å². The second kappa shape index (κ2) is 9.73. The summed E-state index contributed by atoms with van der Waals surface area (Å²) in [4.78, 5) is 26.5. The first-order valence-corrected chi connectivity index (χ1v) is 11.2. The Kier molecular flexibility index (Phi) is 6.89. The van der Waals surface area contributed by atoms with Gasteiger partial charge < -0.3 is 14.6 Å². The van der Waals surface area contributed by atoms with Crippen molar-refractivity contribution in [1.82, 2.24) is 4.90 Å². The zero-order valence-corrected chi connectivity index (χ0v) is 19.1. The number of imide groups is 1. The highest BCUT2D eigenvalue weighted by Crippen LogP contribution is 2.43. The largest absolute Gasteiger partial charge is 0.497 e. The van der Waals surface area contributed by atoms with Crippen molar-refractivity contribution >= 4 is 12.0 Å². The Hall–Kier alpha value is -3.33. The molecule has 2 aromatic rings. The maximum atomic E-state index is 13.7. The van der Waals surface area contributed by atoms with Crippen molar-refractivity contribution in [2.75, 3.05) is 13.7 Å². The Bertz CT molecular complexity index is 1120. The number of halogens is 3. The van der Waals surface area contributed by atoms with E-state index in [0.29, 0.717) is 17.1 Å². The van der Waals surface area contributed by atoms with E-state index in [1.165, 1.54) is 7.11 Å². The molecule has 1 aliphatic carbocycles. The first-order valence-electron chi connectivity index (χ1n) is 11.2. The summed E-state index contributed by atoms with van der Waals surface area (Å²) in [6.45, 7) is 2.95. The molecule has 0 saturated carbocycles. The summed E-state index contributed by atoms with van der Waals surface area (Å²) < 4.78 is 51.3. The lowest BCUT2D eigenvalue weighted by molar-refractivity contribution is -0.143. The van der Waals surface area contributed by atoms with Crippen molar-refractivity contribution in [3.63, 3.8) is 0 Å². The van der Waals surface area contributed by atoms with Gasteiger partial charge in [-0.25, -0.2) is 9.69 Å². The van der Waals surface area contributed by atoms with Gasteiger partial charge in [0.1, 0.15) is 12.4 Å². The van der Waals surface area contributed by atoms with Crippen LogP contribution in [0.5, 0.6) is 5.75 Å². The number of cyclic esters (lactones) is 1. The van der Waals surface area contributed by atoms with Crippen molar-refractivity contribution in [2.24, 2.45) is 5.92 Å². The number of hydrogen-bond donors (Lipinski definition) is 1. The highest BCUT2D eigenvalue weighted by Gasteiger charge is 2.50. The lowest BCUT2D eigenvalue weighted by Gasteiger charge is -2.35. The summed E-state index contributed by atoms with van der Waals surface area (Å²) in [6, 6.07) is 13.5. The molecule has 0 aromatic heterocycles. The van der Waals surface area contributed by atoms with Crippen LogP contribution in [-0.4, -0.2) is 54.0 Å². The fourth-order valence-electron chi connectivity index (χ4n) is 4.81. The summed E-state index contributed by atoms with van der Waals surface area (Å²) in [6.07, 6.45) is -6.98. The number of hydrogen-bond acceptors (Lipinski definition) is 5. The highest BCUT2D eigenvalue weighted by atomic mass is 19.4. The lowest BCUT2D eigenvalue weighted by Crippen LogP contribution is -2.49. The Morgan fingerprint density at radius 1 is 1.26 bits per heavy atom. The zero-order chi connectivity index (χ0) is 25.3. The minimum absolute atomic E-state index is 0.0862. The molecule has 9 heteroatoms. The molecule has 1 saturated heterocycles. The average Bonchev–Trinajstić information content (AvgIpc) is 3.17. The summed E-state index contributed by atoms with van der Waals surface area (Å²) >= 11 is 0. The molecule has 2 amide bonds. The van der Waals surface area contributed by atoms with Gasteiger partial charge in [-0.3, -0.25) is 4.79 Å². The number of benzene rings is 2. The predicted molar refractivity (Wildman–Crippen MR) is 121 cm³/mol. The number of alkyl halides is 3. The fourth-order valence-corrected chi connectivity index (χ4v) is 4.81. The number of aliphatic hydroxyl groups excluding tert-OH is 1. The number of ether oxygens (including phenoxy) is 2. The average molecular weight is 489 g/mol. The van der Waals surface area contributed by atoms with Gasteiger partial charge in [0.25, 0.3) is 0 Å². The van der Waals surface area contributed by atoms with Crippen LogP contribution in [0.2, 0.25) is 0 Å². The first kappa shape index (κ1) is 24.8. The van der Waals surface area contributed by atoms with Gasteiger partial charge >= 0.3 is 12.3 Å². The minimum atomic E-state index is -4.93. The van der Waals surface area contributed by atoms with Crippen molar-refractivity contribution < 1.29 is 37.3 Å². The zero-order valence-electron chi connectivity index (χ0n) is 19.1. The quantitative estimate of drug-likeness (QED) is 0.556. The number of carbonyl (C=O) groups excluding carboxylic acids is 2. The van der Waals surface area contributed by atoms with E-state index in [1.54, 1.807) is 42.5 Å². The van der Waals surface area contributed by atoms with Crippen LogP contribution in [0, 0.1) is 5.92 Å². The Labute approximate surface area is 200 Å². The maximum absolute atomic E-state index is 13.7. The number of fused-ring (bicyclic) bond motifs is 1. The lowest BCUT2D eigenvalue weighted by atomic mass is 9.72. The third-order valence-electron chi connectivity index (χ3n) is 6.69. The molecule has 1 fully saturated rings. The summed E-state index contributed by atoms with van der Waals surface area (Å²) in [5.74, 6) is -2.75. The molecule has 0 radical (unpaired) electrons. The maximum Gasteiger partial charge on any atom is 0.417 e. The third kappa shape index (κ3) is 5.05. The molecule has 186 valence electrons. The SMILES string of the molecule is C=C([C@H](C(=O)N1C(=O)OC[C@@H]1Cc1ccccc1)[C@H](O)CC1Cc2cc(OC)ccc21)C(F)(F)F. The van der Waals surface area contributed by atoms with E-state index in [9.17, 15) is 27.9 Å². The Balaban J connectivity index is 1.56. The third-order valence-corrected chi connectivity index (χ3v) is 6.69. The van der Waals surface area contributed by atoms with E-state index in [1.807, 2.05) is 6.07 Å². The van der Waals surface area contributed by atoms with Gasteiger partial charge in [0.15, 0.2) is 0 Å². The van der Waals surface area contributed by atoms with E-state index >= 15 is 0 Å². The number of rotatable bonds is 8. The molecule has 1 N–H and O–H groups in total. The molecule has 35 heavy (non-hydrogen) atoms. The number of carbonyl (C=O) groups is 2. The fraction of sp³-hybridized carbons (Fsp3) is 0.385. The van der Waals surface area contributed by atoms with Gasteiger partial charge in [-0.05, 0) is 54.0 Å². The Morgan fingerprint density at radius 2 is 1.97 bits per heavy atom. The van der Waals surface area contributed by atoms with Gasteiger partial charge in [-0.1, -0.05) is 43.0 Å². The van der Waals surface area contributed by atoms with Gasteiger partial charge in [-0.15, -0.1) is 0 Å². The van der Waals surface area contributed by atoms with Crippen LogP contribution in [0.15, 0.2) is 60.7 Å². The van der Waals surface area contributed by atoms with Crippen molar-refractivity contribution in [3.8, 4) is 5.75 Å².